The van der Waals surface area contributed by atoms with Crippen LogP contribution >= 0.6 is 11.3 Å². The maximum absolute atomic E-state index is 13.4. The van der Waals surface area contributed by atoms with Gasteiger partial charge in [-0.05, 0) is 6.92 Å². The highest BCUT2D eigenvalue weighted by Gasteiger charge is 2.08. The molecule has 1 N–H and O–H groups in total. The van der Waals surface area contributed by atoms with E-state index in [0.717, 1.165) is 16.4 Å². The largest absolute Gasteiger partial charge is 0.360 e. The van der Waals surface area contributed by atoms with Crippen LogP contribution in [0.2, 0.25) is 0 Å². The van der Waals surface area contributed by atoms with Gasteiger partial charge in [-0.2, -0.15) is 4.98 Å². The van der Waals surface area contributed by atoms with E-state index in [4.69, 9.17) is 0 Å². The Hall–Kier alpha value is -1.83. The van der Waals surface area contributed by atoms with Crippen LogP contribution in [0.1, 0.15) is 10.0 Å². The summed E-state index contributed by atoms with van der Waals surface area (Å²) in [6.07, 6.45) is 1.91. The fourth-order valence-corrected chi connectivity index (χ4v) is 2.19. The number of aryl methyl sites for hydroxylation is 1. The molecule has 0 bridgehead atoms. The fraction of sp³-hybridized carbons (Fsp3) is 0.455. The standard InChI is InChI=1S/C11H15FN6S/c1-7-16-17-9(19-7)4-5-13-11-14-6-8(12)10(15-11)18(2)3/h6H,4-5H2,1-3H3,(H,13,14,15). The van der Waals surface area contributed by atoms with Gasteiger partial charge in [-0.1, -0.05) is 0 Å². The minimum Gasteiger partial charge on any atom is -0.360 e. The molecule has 102 valence electrons. The summed E-state index contributed by atoms with van der Waals surface area (Å²) in [6, 6.07) is 0. The molecule has 2 rings (SSSR count). The van der Waals surface area contributed by atoms with E-state index >= 15 is 0 Å². The van der Waals surface area contributed by atoms with E-state index in [1.807, 2.05) is 6.92 Å². The molecule has 0 unspecified atom stereocenters. The Kier molecular flexibility index (Phi) is 4.20. The predicted molar refractivity (Wildman–Crippen MR) is 73.2 cm³/mol. The highest BCUT2D eigenvalue weighted by molar-refractivity contribution is 7.11. The molecule has 19 heavy (non-hydrogen) atoms. The maximum Gasteiger partial charge on any atom is 0.224 e. The number of nitrogens with one attached hydrogen (secondary N) is 1. The lowest BCUT2D eigenvalue weighted by Crippen LogP contribution is -2.15. The number of hydrogen-bond donors (Lipinski definition) is 1. The van der Waals surface area contributed by atoms with Crippen LogP contribution in [0.25, 0.3) is 0 Å². The second-order valence-corrected chi connectivity index (χ2v) is 5.42. The lowest BCUT2D eigenvalue weighted by atomic mass is 10.4. The lowest BCUT2D eigenvalue weighted by molar-refractivity contribution is 0.612. The minimum atomic E-state index is -0.435. The first kappa shape index (κ1) is 13.6. The number of aromatic nitrogens is 4. The molecule has 0 aliphatic heterocycles. The van der Waals surface area contributed by atoms with Gasteiger partial charge in [0.15, 0.2) is 11.6 Å². The molecule has 0 fully saturated rings. The molecule has 0 aliphatic rings. The third-order valence-corrected chi connectivity index (χ3v) is 3.24. The zero-order valence-corrected chi connectivity index (χ0v) is 11.8. The first-order chi connectivity index (χ1) is 9.06. The van der Waals surface area contributed by atoms with E-state index in [-0.39, 0.29) is 5.82 Å². The number of nitrogens with zero attached hydrogens (tertiary/aromatic N) is 5. The number of halogens is 1. The van der Waals surface area contributed by atoms with Gasteiger partial charge in [-0.3, -0.25) is 0 Å². The summed E-state index contributed by atoms with van der Waals surface area (Å²) in [7, 11) is 3.47. The van der Waals surface area contributed by atoms with E-state index in [1.165, 1.54) is 6.20 Å². The summed E-state index contributed by atoms with van der Waals surface area (Å²) >= 11 is 1.56. The van der Waals surface area contributed by atoms with Gasteiger partial charge in [0.25, 0.3) is 0 Å². The summed E-state index contributed by atoms with van der Waals surface area (Å²) in [5.74, 6) is 0.242. The van der Waals surface area contributed by atoms with E-state index < -0.39 is 5.82 Å². The molecule has 8 heteroatoms. The van der Waals surface area contributed by atoms with Crippen LogP contribution in [0.5, 0.6) is 0 Å². The molecular weight excluding hydrogens is 267 g/mol. The first-order valence-corrected chi connectivity index (χ1v) is 6.60. The average Bonchev–Trinajstić information content (AvgIpc) is 2.77. The van der Waals surface area contributed by atoms with Crippen molar-refractivity contribution < 1.29 is 4.39 Å². The summed E-state index contributed by atoms with van der Waals surface area (Å²) in [6.45, 7) is 2.55. The molecule has 2 aromatic rings. The van der Waals surface area contributed by atoms with Crippen molar-refractivity contribution in [2.75, 3.05) is 30.9 Å². The van der Waals surface area contributed by atoms with Crippen molar-refractivity contribution in [1.82, 2.24) is 20.2 Å². The second-order valence-electron chi connectivity index (χ2n) is 4.15. The van der Waals surface area contributed by atoms with Gasteiger partial charge in [0, 0.05) is 27.1 Å². The van der Waals surface area contributed by atoms with Gasteiger partial charge in [0.2, 0.25) is 5.95 Å². The Morgan fingerprint density at radius 1 is 1.37 bits per heavy atom. The van der Waals surface area contributed by atoms with E-state index in [0.29, 0.717) is 12.5 Å². The minimum absolute atomic E-state index is 0.268. The van der Waals surface area contributed by atoms with E-state index in [9.17, 15) is 4.39 Å². The van der Waals surface area contributed by atoms with Crippen LogP contribution in [0.3, 0.4) is 0 Å². The van der Waals surface area contributed by atoms with Gasteiger partial charge in [0.05, 0.1) is 6.20 Å². The van der Waals surface area contributed by atoms with Crippen molar-refractivity contribution in [1.29, 1.82) is 0 Å². The molecule has 0 aliphatic carbocycles. The quantitative estimate of drug-likeness (QED) is 0.896. The molecule has 0 spiro atoms. The summed E-state index contributed by atoms with van der Waals surface area (Å²) in [4.78, 5) is 9.61. The Labute approximate surface area is 114 Å². The van der Waals surface area contributed by atoms with Crippen LogP contribution in [0.15, 0.2) is 6.20 Å². The third-order valence-electron chi connectivity index (χ3n) is 2.34. The smallest absolute Gasteiger partial charge is 0.224 e. The zero-order valence-electron chi connectivity index (χ0n) is 11.0. The Morgan fingerprint density at radius 2 is 2.16 bits per heavy atom. The first-order valence-electron chi connectivity index (χ1n) is 5.79. The van der Waals surface area contributed by atoms with Crippen LogP contribution in [0.4, 0.5) is 16.2 Å². The van der Waals surface area contributed by atoms with E-state index in [2.05, 4.69) is 25.5 Å². The summed E-state index contributed by atoms with van der Waals surface area (Å²) in [5.41, 5.74) is 0. The molecule has 0 amide bonds. The summed E-state index contributed by atoms with van der Waals surface area (Å²) < 4.78 is 13.4. The highest BCUT2D eigenvalue weighted by Crippen LogP contribution is 2.14. The van der Waals surface area contributed by atoms with Crippen molar-refractivity contribution in [2.45, 2.75) is 13.3 Å². The molecule has 0 aromatic carbocycles. The molecule has 0 radical (unpaired) electrons. The van der Waals surface area contributed by atoms with Crippen LogP contribution < -0.4 is 10.2 Å². The van der Waals surface area contributed by atoms with Crippen molar-refractivity contribution in [3.8, 4) is 0 Å². The number of hydrogen-bond acceptors (Lipinski definition) is 7. The molecule has 0 saturated carbocycles. The van der Waals surface area contributed by atoms with Crippen molar-refractivity contribution in [2.24, 2.45) is 0 Å². The molecule has 0 atom stereocenters. The van der Waals surface area contributed by atoms with Crippen LogP contribution in [-0.4, -0.2) is 40.8 Å². The van der Waals surface area contributed by atoms with Gasteiger partial charge in [0.1, 0.15) is 10.0 Å². The molecule has 6 nitrogen and oxygen atoms in total. The van der Waals surface area contributed by atoms with Crippen molar-refractivity contribution >= 4 is 23.1 Å². The second kappa shape index (κ2) is 5.87. The molecular formula is C11H15FN6S. The normalized spacial score (nSPS) is 10.5. The third kappa shape index (κ3) is 3.57. The Bertz CT molecular complexity index is 556. The molecule has 0 saturated heterocycles. The van der Waals surface area contributed by atoms with Crippen molar-refractivity contribution in [3.63, 3.8) is 0 Å². The maximum atomic E-state index is 13.4. The summed E-state index contributed by atoms with van der Waals surface area (Å²) in [5, 5.41) is 12.9. The van der Waals surface area contributed by atoms with Crippen molar-refractivity contribution in [3.05, 3.63) is 22.0 Å². The van der Waals surface area contributed by atoms with Crippen LogP contribution in [0, 0.1) is 12.7 Å². The molecule has 2 heterocycles. The van der Waals surface area contributed by atoms with E-state index in [1.54, 1.807) is 30.3 Å². The monoisotopic (exact) mass is 282 g/mol. The number of rotatable bonds is 5. The Morgan fingerprint density at radius 3 is 2.79 bits per heavy atom. The van der Waals surface area contributed by atoms with Gasteiger partial charge < -0.3 is 10.2 Å². The average molecular weight is 282 g/mol. The van der Waals surface area contributed by atoms with Gasteiger partial charge in [-0.15, -0.1) is 21.5 Å². The predicted octanol–water partition coefficient (Wildman–Crippen LogP) is 1.50. The highest BCUT2D eigenvalue weighted by atomic mass is 32.1. The molecule has 2 aromatic heterocycles. The van der Waals surface area contributed by atoms with Crippen LogP contribution in [-0.2, 0) is 6.42 Å². The SMILES string of the molecule is Cc1nnc(CCNc2ncc(F)c(N(C)C)n2)s1. The van der Waals surface area contributed by atoms with Gasteiger partial charge in [-0.25, -0.2) is 9.37 Å². The fourth-order valence-electron chi connectivity index (χ4n) is 1.48. The topological polar surface area (TPSA) is 66.8 Å². The van der Waals surface area contributed by atoms with Gasteiger partial charge >= 0.3 is 0 Å². The zero-order chi connectivity index (χ0) is 13.8. The number of anilines is 2. The lowest BCUT2D eigenvalue weighted by Gasteiger charge is -2.13. The Balaban J connectivity index is 1.94.